The first-order chi connectivity index (χ1) is 23.1. The molecule has 1 saturated carbocycles. The highest BCUT2D eigenvalue weighted by molar-refractivity contribution is 6.14. The normalized spacial score (nSPS) is 15.9. The maximum Gasteiger partial charge on any atom is 0.350 e. The summed E-state index contributed by atoms with van der Waals surface area (Å²) in [5.74, 6) is 1.14. The van der Waals surface area contributed by atoms with Crippen molar-refractivity contribution >= 4 is 34.5 Å². The number of anilines is 4. The number of nitrogens with one attached hydrogen (secondary N) is 3. The number of aromatic nitrogens is 2. The van der Waals surface area contributed by atoms with Crippen LogP contribution in [0.1, 0.15) is 67.6 Å². The Morgan fingerprint density at radius 3 is 2.26 bits per heavy atom. The first kappa shape index (κ1) is 30.3. The summed E-state index contributed by atoms with van der Waals surface area (Å²) in [4.78, 5) is 24.1. The van der Waals surface area contributed by atoms with Gasteiger partial charge in [0.25, 0.3) is 0 Å². The molecule has 0 saturated heterocycles. The van der Waals surface area contributed by atoms with Crippen molar-refractivity contribution in [2.45, 2.75) is 58.2 Å². The molecule has 0 radical (unpaired) electrons. The third-order valence-electron chi connectivity index (χ3n) is 9.24. The number of hydrazone groups is 1. The molecule has 1 fully saturated rings. The maximum absolute atomic E-state index is 14.8. The van der Waals surface area contributed by atoms with Crippen LogP contribution in [0.25, 0.3) is 0 Å². The maximum atomic E-state index is 14.8. The van der Waals surface area contributed by atoms with Crippen LogP contribution < -0.4 is 15.5 Å². The van der Waals surface area contributed by atoms with Crippen LogP contribution in [0.3, 0.4) is 0 Å². The van der Waals surface area contributed by atoms with Crippen LogP contribution in [0.15, 0.2) is 121 Å². The molecule has 1 aliphatic carbocycles. The quantitative estimate of drug-likeness (QED) is 0.145. The van der Waals surface area contributed by atoms with Crippen molar-refractivity contribution in [3.05, 3.63) is 138 Å². The number of nitrogens with zero attached hydrogens (tertiary/aromatic N) is 4. The summed E-state index contributed by atoms with van der Waals surface area (Å²) in [6.07, 6.45) is 9.28. The van der Waals surface area contributed by atoms with Crippen LogP contribution in [0.5, 0.6) is 0 Å². The zero-order chi connectivity index (χ0) is 32.0. The molecule has 2 aliphatic rings. The van der Waals surface area contributed by atoms with Gasteiger partial charge in [0, 0.05) is 41.8 Å². The van der Waals surface area contributed by atoms with Crippen molar-refractivity contribution in [1.29, 1.82) is 0 Å². The van der Waals surface area contributed by atoms with E-state index in [1.807, 2.05) is 59.6 Å². The molecule has 1 aliphatic heterocycles. The molecule has 47 heavy (non-hydrogen) atoms. The smallest absolute Gasteiger partial charge is 0.350 e. The predicted molar refractivity (Wildman–Crippen MR) is 190 cm³/mol. The molecule has 7 rings (SSSR count). The van der Waals surface area contributed by atoms with E-state index in [-0.39, 0.29) is 18.0 Å². The Bertz CT molecular complexity index is 1800. The number of rotatable bonds is 10. The predicted octanol–water partition coefficient (Wildman–Crippen LogP) is 9.25. The lowest BCUT2D eigenvalue weighted by atomic mass is 9.82. The minimum atomic E-state index is -0.260. The molecule has 2 amide bonds. The number of carbonyl (C=O) groups is 1. The first-order valence-corrected chi connectivity index (χ1v) is 16.7. The molecule has 3 N–H and O–H groups in total. The SMILES string of the molecule is CC(c1ccccc1)N1N=C(C2CCCCC2)c2cc(NCc3ccccc3)ccc2N(c2ccc(NCc3ncc[nH]3)cc2)C1=O. The van der Waals surface area contributed by atoms with E-state index in [0.717, 1.165) is 58.3 Å². The van der Waals surface area contributed by atoms with E-state index in [2.05, 4.69) is 82.1 Å². The van der Waals surface area contributed by atoms with Crippen LogP contribution in [-0.4, -0.2) is 26.7 Å². The molecule has 8 nitrogen and oxygen atoms in total. The van der Waals surface area contributed by atoms with Crippen molar-refractivity contribution in [2.75, 3.05) is 15.5 Å². The van der Waals surface area contributed by atoms with Crippen molar-refractivity contribution in [2.24, 2.45) is 11.0 Å². The number of hydrogen-bond donors (Lipinski definition) is 3. The summed E-state index contributed by atoms with van der Waals surface area (Å²) in [5.41, 5.74) is 7.85. The van der Waals surface area contributed by atoms with Gasteiger partial charge < -0.3 is 15.6 Å². The van der Waals surface area contributed by atoms with Gasteiger partial charge in [-0.1, -0.05) is 79.9 Å². The minimum Gasteiger partial charge on any atom is -0.381 e. The Labute approximate surface area is 276 Å². The number of hydrogen-bond acceptors (Lipinski definition) is 5. The number of urea groups is 1. The lowest BCUT2D eigenvalue weighted by Crippen LogP contribution is -2.38. The van der Waals surface area contributed by atoms with E-state index in [9.17, 15) is 4.79 Å². The minimum absolute atomic E-state index is 0.172. The summed E-state index contributed by atoms with van der Waals surface area (Å²) in [5, 5.41) is 14.1. The lowest BCUT2D eigenvalue weighted by Gasteiger charge is -2.30. The van der Waals surface area contributed by atoms with Crippen molar-refractivity contribution in [3.8, 4) is 0 Å². The molecule has 0 spiro atoms. The van der Waals surface area contributed by atoms with Crippen molar-refractivity contribution in [3.63, 3.8) is 0 Å². The van der Waals surface area contributed by atoms with E-state index in [1.165, 1.54) is 24.8 Å². The average molecular weight is 624 g/mol. The Balaban J connectivity index is 1.30. The molecule has 1 atom stereocenters. The number of amides is 2. The van der Waals surface area contributed by atoms with E-state index >= 15 is 0 Å². The van der Waals surface area contributed by atoms with Gasteiger partial charge in [-0.2, -0.15) is 5.10 Å². The average Bonchev–Trinajstić information content (AvgIpc) is 3.62. The monoisotopic (exact) mass is 623 g/mol. The second-order valence-electron chi connectivity index (χ2n) is 12.4. The molecule has 8 heteroatoms. The van der Waals surface area contributed by atoms with Gasteiger partial charge in [-0.25, -0.2) is 14.8 Å². The molecular weight excluding hydrogens is 582 g/mol. The van der Waals surface area contributed by atoms with Crippen LogP contribution in [0.4, 0.5) is 27.5 Å². The molecule has 5 aromatic rings. The number of imidazole rings is 1. The Kier molecular flexibility index (Phi) is 8.99. The molecule has 238 valence electrons. The highest BCUT2D eigenvalue weighted by atomic mass is 16.2. The third-order valence-corrected chi connectivity index (χ3v) is 9.24. The van der Waals surface area contributed by atoms with Gasteiger partial charge >= 0.3 is 6.03 Å². The van der Waals surface area contributed by atoms with Crippen LogP contribution in [0.2, 0.25) is 0 Å². The molecular formula is C39H41N7O. The van der Waals surface area contributed by atoms with Gasteiger partial charge in [0.2, 0.25) is 0 Å². The topological polar surface area (TPSA) is 88.7 Å². The van der Waals surface area contributed by atoms with Crippen LogP contribution in [0, 0.1) is 5.92 Å². The third kappa shape index (κ3) is 6.77. The summed E-state index contributed by atoms with van der Waals surface area (Å²) >= 11 is 0. The Morgan fingerprint density at radius 2 is 1.53 bits per heavy atom. The summed E-state index contributed by atoms with van der Waals surface area (Å²) in [6, 6.07) is 34.6. The highest BCUT2D eigenvalue weighted by Gasteiger charge is 2.36. The Morgan fingerprint density at radius 1 is 0.830 bits per heavy atom. The molecule has 0 bridgehead atoms. The second kappa shape index (κ2) is 14.0. The van der Waals surface area contributed by atoms with Gasteiger partial charge in [-0.3, -0.25) is 4.90 Å². The number of H-pyrrole nitrogens is 1. The van der Waals surface area contributed by atoms with Crippen LogP contribution >= 0.6 is 0 Å². The number of fused-ring (bicyclic) bond motifs is 1. The van der Waals surface area contributed by atoms with Gasteiger partial charge in [0.15, 0.2) is 0 Å². The number of carbonyl (C=O) groups excluding carboxylic acids is 1. The second-order valence-corrected chi connectivity index (χ2v) is 12.4. The number of aromatic amines is 1. The zero-order valence-electron chi connectivity index (χ0n) is 26.8. The van der Waals surface area contributed by atoms with Gasteiger partial charge in [0.1, 0.15) is 5.82 Å². The lowest BCUT2D eigenvalue weighted by molar-refractivity contribution is 0.191. The standard InChI is InChI=1S/C39H41N7O/c1-28(30-13-7-3-8-14-30)46-39(47)45(34-20-17-32(18-21-34)43-27-37-40-23-24-41-37)36-22-19-33(42-26-29-11-5-2-6-12-29)25-35(36)38(44-46)31-15-9-4-10-16-31/h2-3,5-8,11-14,17-25,28,31,42-43H,4,9-10,15-16,26-27H2,1H3,(H,40,41). The Hall–Kier alpha value is -5.37. The zero-order valence-corrected chi connectivity index (χ0v) is 26.8. The van der Waals surface area contributed by atoms with E-state index < -0.39 is 0 Å². The van der Waals surface area contributed by atoms with E-state index in [1.54, 1.807) is 11.2 Å². The highest BCUT2D eigenvalue weighted by Crippen LogP contribution is 2.40. The van der Waals surface area contributed by atoms with Gasteiger partial charge in [-0.05, 0) is 73.4 Å². The van der Waals surface area contributed by atoms with E-state index in [0.29, 0.717) is 13.1 Å². The molecule has 1 aromatic heterocycles. The largest absolute Gasteiger partial charge is 0.381 e. The fraction of sp³-hybridized carbons (Fsp3) is 0.256. The molecule has 2 heterocycles. The number of benzene rings is 4. The first-order valence-electron chi connectivity index (χ1n) is 16.7. The van der Waals surface area contributed by atoms with Gasteiger partial charge in [-0.15, -0.1) is 0 Å². The van der Waals surface area contributed by atoms with Gasteiger partial charge in [0.05, 0.1) is 29.7 Å². The van der Waals surface area contributed by atoms with Crippen LogP contribution in [-0.2, 0) is 13.1 Å². The van der Waals surface area contributed by atoms with E-state index in [4.69, 9.17) is 5.10 Å². The van der Waals surface area contributed by atoms with Crippen molar-refractivity contribution in [1.82, 2.24) is 15.0 Å². The molecule has 4 aromatic carbocycles. The fourth-order valence-electron chi connectivity index (χ4n) is 6.63. The summed E-state index contributed by atoms with van der Waals surface area (Å²) in [6.45, 7) is 3.36. The summed E-state index contributed by atoms with van der Waals surface area (Å²) in [7, 11) is 0. The van der Waals surface area contributed by atoms with Crippen molar-refractivity contribution < 1.29 is 4.79 Å². The fourth-order valence-corrected chi connectivity index (χ4v) is 6.63. The summed E-state index contributed by atoms with van der Waals surface area (Å²) < 4.78 is 0. The molecule has 1 unspecified atom stereocenters.